The Balaban J connectivity index is 1.90. The maximum atomic E-state index is 12.0. The van der Waals surface area contributed by atoms with Crippen LogP contribution in [-0.4, -0.2) is 35.6 Å². The third-order valence-electron chi connectivity index (χ3n) is 4.68. The second-order valence-electron chi connectivity index (χ2n) is 6.51. The molecule has 0 radical (unpaired) electrons. The fourth-order valence-electron chi connectivity index (χ4n) is 3.29. The van der Waals surface area contributed by atoms with Gasteiger partial charge in [-0.25, -0.2) is 0 Å². The summed E-state index contributed by atoms with van der Waals surface area (Å²) in [6, 6.07) is 0. The van der Waals surface area contributed by atoms with Gasteiger partial charge < -0.3 is 10.0 Å². The molecule has 1 aliphatic rings. The summed E-state index contributed by atoms with van der Waals surface area (Å²) in [6.07, 6.45) is 15.5. The second-order valence-corrected chi connectivity index (χ2v) is 6.51. The van der Waals surface area contributed by atoms with Crippen LogP contribution in [-0.2, 0) is 4.79 Å². The van der Waals surface area contributed by atoms with Crippen molar-refractivity contribution in [2.24, 2.45) is 5.92 Å². The van der Waals surface area contributed by atoms with Gasteiger partial charge in [-0.1, -0.05) is 71.1 Å². The lowest BCUT2D eigenvalue weighted by atomic mass is 9.98. The molecule has 1 heterocycles. The van der Waals surface area contributed by atoms with Gasteiger partial charge in [-0.2, -0.15) is 0 Å². The summed E-state index contributed by atoms with van der Waals surface area (Å²) in [6.45, 7) is 3.73. The van der Waals surface area contributed by atoms with Gasteiger partial charge in [0.05, 0.1) is 6.61 Å². The van der Waals surface area contributed by atoms with Crippen molar-refractivity contribution in [1.29, 1.82) is 0 Å². The average molecular weight is 297 g/mol. The van der Waals surface area contributed by atoms with E-state index in [4.69, 9.17) is 5.11 Å². The SMILES string of the molecule is CCCCCCCCCCCCC1CCN(CCO)C1=O. The minimum absolute atomic E-state index is 0.0940. The Kier molecular flexibility index (Phi) is 10.6. The Hall–Kier alpha value is -0.570. The summed E-state index contributed by atoms with van der Waals surface area (Å²) in [5, 5.41) is 8.90. The van der Waals surface area contributed by atoms with Crippen LogP contribution in [0, 0.1) is 5.92 Å². The lowest BCUT2D eigenvalue weighted by Gasteiger charge is -2.14. The fraction of sp³-hybridized carbons (Fsp3) is 0.944. The van der Waals surface area contributed by atoms with E-state index in [1.165, 1.54) is 64.2 Å². The number of β-amino-alcohol motifs (C(OH)–C–C–N with tert-alkyl or cyclic N) is 1. The summed E-state index contributed by atoms with van der Waals surface area (Å²) in [7, 11) is 0. The van der Waals surface area contributed by atoms with Crippen LogP contribution in [0.5, 0.6) is 0 Å². The first-order valence-corrected chi connectivity index (χ1v) is 9.19. The molecular formula is C18H35NO2. The second kappa shape index (κ2) is 12.0. The zero-order valence-corrected chi connectivity index (χ0v) is 14.0. The van der Waals surface area contributed by atoms with Gasteiger partial charge in [0.1, 0.15) is 0 Å². The van der Waals surface area contributed by atoms with Crippen molar-refractivity contribution >= 4 is 5.91 Å². The van der Waals surface area contributed by atoms with E-state index in [1.54, 1.807) is 0 Å². The molecule has 3 nitrogen and oxygen atoms in total. The van der Waals surface area contributed by atoms with Gasteiger partial charge in [0.25, 0.3) is 0 Å². The molecule has 124 valence electrons. The number of hydrogen-bond acceptors (Lipinski definition) is 2. The van der Waals surface area contributed by atoms with E-state index in [1.807, 2.05) is 4.90 Å². The fourth-order valence-corrected chi connectivity index (χ4v) is 3.29. The number of likely N-dealkylation sites (tertiary alicyclic amines) is 1. The first-order valence-electron chi connectivity index (χ1n) is 9.19. The largest absolute Gasteiger partial charge is 0.395 e. The standard InChI is InChI=1S/C18H35NO2/c1-2-3-4-5-6-7-8-9-10-11-12-17-13-14-19(15-16-20)18(17)21/h17,20H,2-16H2,1H3. The number of hydrogen-bond donors (Lipinski definition) is 1. The third-order valence-corrected chi connectivity index (χ3v) is 4.68. The number of unbranched alkanes of at least 4 members (excludes halogenated alkanes) is 9. The molecule has 0 bridgehead atoms. The highest BCUT2D eigenvalue weighted by Crippen LogP contribution is 2.23. The van der Waals surface area contributed by atoms with Gasteiger partial charge in [0.2, 0.25) is 5.91 Å². The normalized spacial score (nSPS) is 18.7. The first kappa shape index (κ1) is 18.5. The minimum Gasteiger partial charge on any atom is -0.395 e. The van der Waals surface area contributed by atoms with E-state index in [2.05, 4.69) is 6.92 Å². The van der Waals surface area contributed by atoms with Crippen molar-refractivity contribution < 1.29 is 9.90 Å². The van der Waals surface area contributed by atoms with Crippen molar-refractivity contribution in [2.75, 3.05) is 19.7 Å². The van der Waals surface area contributed by atoms with Crippen LogP contribution in [0.4, 0.5) is 0 Å². The van der Waals surface area contributed by atoms with Crippen LogP contribution in [0.2, 0.25) is 0 Å². The molecule has 0 aliphatic carbocycles. The highest BCUT2D eigenvalue weighted by molar-refractivity contribution is 5.80. The molecule has 1 amide bonds. The molecule has 3 heteroatoms. The quantitative estimate of drug-likeness (QED) is 0.519. The molecule has 0 aromatic rings. The number of carbonyl (C=O) groups is 1. The average Bonchev–Trinajstić information content (AvgIpc) is 2.83. The van der Waals surface area contributed by atoms with Crippen molar-refractivity contribution in [1.82, 2.24) is 4.90 Å². The summed E-state index contributed by atoms with van der Waals surface area (Å²) >= 11 is 0. The molecule has 1 unspecified atom stereocenters. The third kappa shape index (κ3) is 7.85. The van der Waals surface area contributed by atoms with Crippen molar-refractivity contribution in [3.8, 4) is 0 Å². The molecular weight excluding hydrogens is 262 g/mol. The lowest BCUT2D eigenvalue weighted by Crippen LogP contribution is -2.30. The van der Waals surface area contributed by atoms with Gasteiger partial charge in [0.15, 0.2) is 0 Å². The van der Waals surface area contributed by atoms with Crippen LogP contribution in [0.1, 0.15) is 84.0 Å². The molecule has 0 saturated carbocycles. The molecule has 0 aromatic heterocycles. The Bertz CT molecular complexity index is 268. The number of nitrogens with zero attached hydrogens (tertiary/aromatic N) is 1. The van der Waals surface area contributed by atoms with Crippen LogP contribution < -0.4 is 0 Å². The van der Waals surface area contributed by atoms with Crippen LogP contribution in [0.25, 0.3) is 0 Å². The smallest absolute Gasteiger partial charge is 0.225 e. The van der Waals surface area contributed by atoms with Crippen molar-refractivity contribution in [3.05, 3.63) is 0 Å². The van der Waals surface area contributed by atoms with Crippen LogP contribution >= 0.6 is 0 Å². The summed E-state index contributed by atoms with van der Waals surface area (Å²) in [5.74, 6) is 0.519. The molecule has 0 spiro atoms. The zero-order chi connectivity index (χ0) is 15.3. The van der Waals surface area contributed by atoms with Gasteiger partial charge in [0, 0.05) is 19.0 Å². The molecule has 1 rings (SSSR count). The van der Waals surface area contributed by atoms with Gasteiger partial charge >= 0.3 is 0 Å². The Labute approximate surface area is 131 Å². The molecule has 1 aliphatic heterocycles. The Morgan fingerprint density at radius 1 is 1.00 bits per heavy atom. The van der Waals surface area contributed by atoms with Crippen molar-refractivity contribution in [2.45, 2.75) is 84.0 Å². The molecule has 21 heavy (non-hydrogen) atoms. The monoisotopic (exact) mass is 297 g/mol. The summed E-state index contributed by atoms with van der Waals surface area (Å²) < 4.78 is 0. The van der Waals surface area contributed by atoms with Crippen LogP contribution in [0.3, 0.4) is 0 Å². The van der Waals surface area contributed by atoms with Gasteiger partial charge in [-0.3, -0.25) is 4.79 Å². The Morgan fingerprint density at radius 3 is 2.14 bits per heavy atom. The molecule has 0 aromatic carbocycles. The van der Waals surface area contributed by atoms with E-state index >= 15 is 0 Å². The number of carbonyl (C=O) groups excluding carboxylic acids is 1. The van der Waals surface area contributed by atoms with E-state index < -0.39 is 0 Å². The summed E-state index contributed by atoms with van der Waals surface area (Å²) in [4.78, 5) is 13.8. The van der Waals surface area contributed by atoms with E-state index in [-0.39, 0.29) is 18.4 Å². The first-order chi connectivity index (χ1) is 10.3. The van der Waals surface area contributed by atoms with E-state index in [9.17, 15) is 4.79 Å². The lowest BCUT2D eigenvalue weighted by molar-refractivity contribution is -0.131. The number of aliphatic hydroxyl groups is 1. The molecule has 1 fully saturated rings. The number of amides is 1. The molecule has 1 atom stereocenters. The molecule has 1 saturated heterocycles. The van der Waals surface area contributed by atoms with E-state index in [0.717, 1.165) is 19.4 Å². The van der Waals surface area contributed by atoms with E-state index in [0.29, 0.717) is 6.54 Å². The van der Waals surface area contributed by atoms with Gasteiger partial charge in [-0.05, 0) is 12.8 Å². The Morgan fingerprint density at radius 2 is 1.57 bits per heavy atom. The zero-order valence-electron chi connectivity index (χ0n) is 14.0. The highest BCUT2D eigenvalue weighted by Gasteiger charge is 2.30. The predicted octanol–water partition coefficient (Wildman–Crippen LogP) is 4.14. The minimum atomic E-state index is 0.0940. The maximum Gasteiger partial charge on any atom is 0.225 e. The van der Waals surface area contributed by atoms with Crippen LogP contribution in [0.15, 0.2) is 0 Å². The number of rotatable bonds is 13. The topological polar surface area (TPSA) is 40.5 Å². The highest BCUT2D eigenvalue weighted by atomic mass is 16.3. The molecule has 1 N–H and O–H groups in total. The van der Waals surface area contributed by atoms with Gasteiger partial charge in [-0.15, -0.1) is 0 Å². The van der Waals surface area contributed by atoms with Crippen molar-refractivity contribution in [3.63, 3.8) is 0 Å². The number of aliphatic hydroxyl groups excluding tert-OH is 1. The predicted molar refractivity (Wildman–Crippen MR) is 88.2 cm³/mol. The maximum absolute atomic E-state index is 12.0. The summed E-state index contributed by atoms with van der Waals surface area (Å²) in [5.41, 5.74) is 0.